The van der Waals surface area contributed by atoms with Gasteiger partial charge >= 0.3 is 0 Å². The lowest BCUT2D eigenvalue weighted by Crippen LogP contribution is -2.44. The molecule has 1 aromatic heterocycles. The Balaban J connectivity index is 1.37. The zero-order valence-electron chi connectivity index (χ0n) is 18.9. The number of rotatable bonds is 8. The van der Waals surface area contributed by atoms with Crippen molar-refractivity contribution in [2.45, 2.75) is 46.6 Å². The van der Waals surface area contributed by atoms with Crippen molar-refractivity contribution in [2.24, 2.45) is 16.8 Å². The van der Waals surface area contributed by atoms with Gasteiger partial charge in [0.2, 0.25) is 0 Å². The van der Waals surface area contributed by atoms with Crippen molar-refractivity contribution in [1.29, 1.82) is 0 Å². The van der Waals surface area contributed by atoms with E-state index in [-0.39, 0.29) is 0 Å². The second kappa shape index (κ2) is 11.3. The maximum atomic E-state index is 4.61. The van der Waals surface area contributed by atoms with Gasteiger partial charge in [0.25, 0.3) is 0 Å². The molecule has 1 aromatic rings. The number of likely N-dealkylation sites (tertiary alicyclic amines) is 2. The Morgan fingerprint density at radius 1 is 1.21 bits per heavy atom. The molecular formula is C22H40N6S. The number of aliphatic imine (C=N–C) groups is 1. The molecular weight excluding hydrogens is 380 g/mol. The zero-order chi connectivity index (χ0) is 20.6. The maximum absolute atomic E-state index is 4.61. The van der Waals surface area contributed by atoms with Crippen LogP contribution in [-0.2, 0) is 6.54 Å². The molecule has 0 bridgehead atoms. The third kappa shape index (κ3) is 6.66. The highest BCUT2D eigenvalue weighted by Crippen LogP contribution is 2.20. The third-order valence-electron chi connectivity index (χ3n) is 6.52. The summed E-state index contributed by atoms with van der Waals surface area (Å²) in [6, 6.07) is 0. The number of nitrogens with zero attached hydrogens (tertiary/aromatic N) is 5. The lowest BCUT2D eigenvalue weighted by Gasteiger charge is -2.32. The summed E-state index contributed by atoms with van der Waals surface area (Å²) in [6.45, 7) is 16.8. The lowest BCUT2D eigenvalue weighted by molar-refractivity contribution is 0.176. The molecule has 2 saturated heterocycles. The molecule has 0 aromatic carbocycles. The van der Waals surface area contributed by atoms with Crippen molar-refractivity contribution in [2.75, 3.05) is 59.4 Å². The zero-order valence-corrected chi connectivity index (χ0v) is 19.7. The Morgan fingerprint density at radius 3 is 2.55 bits per heavy atom. The van der Waals surface area contributed by atoms with Crippen molar-refractivity contribution >= 4 is 17.3 Å². The summed E-state index contributed by atoms with van der Waals surface area (Å²) >= 11 is 1.76. The minimum atomic E-state index is 0.745. The number of piperidine rings is 1. The van der Waals surface area contributed by atoms with Crippen LogP contribution in [0.15, 0.2) is 10.4 Å². The number of aryl methyl sites for hydroxylation is 1. The van der Waals surface area contributed by atoms with Gasteiger partial charge in [0.05, 0.1) is 10.7 Å². The van der Waals surface area contributed by atoms with E-state index >= 15 is 0 Å². The summed E-state index contributed by atoms with van der Waals surface area (Å²) in [7, 11) is 1.93. The molecule has 2 aliphatic heterocycles. The van der Waals surface area contributed by atoms with Crippen LogP contribution in [0.2, 0.25) is 0 Å². The Hall–Kier alpha value is -1.18. The summed E-state index contributed by atoms with van der Waals surface area (Å²) < 4.78 is 0. The molecule has 29 heavy (non-hydrogen) atoms. The largest absolute Gasteiger partial charge is 0.356 e. The van der Waals surface area contributed by atoms with Crippen molar-refractivity contribution in [3.63, 3.8) is 0 Å². The second-order valence-corrected chi connectivity index (χ2v) is 9.65. The Labute approximate surface area is 181 Å². The van der Waals surface area contributed by atoms with Gasteiger partial charge in [-0.25, -0.2) is 4.98 Å². The third-order valence-corrected chi connectivity index (χ3v) is 7.34. The number of thiazole rings is 1. The van der Waals surface area contributed by atoms with Crippen LogP contribution in [0.25, 0.3) is 0 Å². The van der Waals surface area contributed by atoms with Crippen molar-refractivity contribution in [1.82, 2.24) is 25.0 Å². The first-order valence-electron chi connectivity index (χ1n) is 11.4. The molecule has 1 atom stereocenters. The van der Waals surface area contributed by atoms with Crippen LogP contribution in [0, 0.1) is 18.8 Å². The van der Waals surface area contributed by atoms with Gasteiger partial charge < -0.3 is 15.1 Å². The van der Waals surface area contributed by atoms with E-state index in [2.05, 4.69) is 56.1 Å². The molecule has 0 radical (unpaired) electrons. The quantitative estimate of drug-likeness (QED) is 0.518. The first-order valence-corrected chi connectivity index (χ1v) is 12.3. The van der Waals surface area contributed by atoms with Crippen molar-refractivity contribution in [3.8, 4) is 0 Å². The molecule has 0 spiro atoms. The molecule has 2 fully saturated rings. The van der Waals surface area contributed by atoms with E-state index < -0.39 is 0 Å². The summed E-state index contributed by atoms with van der Waals surface area (Å²) in [5.74, 6) is 2.62. The lowest BCUT2D eigenvalue weighted by atomic mass is 9.97. The SMILES string of the molecule is CCN(CC)CC1CCN(C(=NC)NCC2CCN(Cc3csc(C)n3)CC2)C1. The second-order valence-electron chi connectivity index (χ2n) is 8.59. The molecule has 0 amide bonds. The highest BCUT2D eigenvalue weighted by atomic mass is 32.1. The fraction of sp³-hybridized carbons (Fsp3) is 0.818. The van der Waals surface area contributed by atoms with Crippen molar-refractivity contribution in [3.05, 3.63) is 16.1 Å². The summed E-state index contributed by atoms with van der Waals surface area (Å²) in [4.78, 5) is 16.8. The Kier molecular flexibility index (Phi) is 8.75. The fourth-order valence-corrected chi connectivity index (χ4v) is 5.25. The van der Waals surface area contributed by atoms with Crippen LogP contribution in [0.1, 0.15) is 43.8 Å². The van der Waals surface area contributed by atoms with Crippen LogP contribution < -0.4 is 5.32 Å². The average molecular weight is 421 g/mol. The van der Waals surface area contributed by atoms with Gasteiger partial charge in [0.1, 0.15) is 0 Å². The van der Waals surface area contributed by atoms with Crippen LogP contribution in [0.5, 0.6) is 0 Å². The van der Waals surface area contributed by atoms with E-state index in [0.29, 0.717) is 0 Å². The van der Waals surface area contributed by atoms with Crippen LogP contribution in [-0.4, -0.2) is 85.0 Å². The molecule has 0 aliphatic carbocycles. The van der Waals surface area contributed by atoms with Crippen LogP contribution in [0.3, 0.4) is 0 Å². The maximum Gasteiger partial charge on any atom is 0.193 e. The van der Waals surface area contributed by atoms with Gasteiger partial charge in [-0.2, -0.15) is 0 Å². The Bertz CT molecular complexity index is 633. The topological polar surface area (TPSA) is 47.0 Å². The van der Waals surface area contributed by atoms with E-state index in [9.17, 15) is 0 Å². The molecule has 1 N–H and O–H groups in total. The first kappa shape index (κ1) is 22.5. The predicted octanol–water partition coefficient (Wildman–Crippen LogP) is 2.90. The molecule has 3 rings (SSSR count). The summed E-state index contributed by atoms with van der Waals surface area (Å²) in [6.07, 6.45) is 3.81. The monoisotopic (exact) mass is 420 g/mol. The van der Waals surface area contributed by atoms with Crippen LogP contribution in [0.4, 0.5) is 0 Å². The molecule has 6 nitrogen and oxygen atoms in total. The highest BCUT2D eigenvalue weighted by molar-refractivity contribution is 7.09. The Morgan fingerprint density at radius 2 is 1.93 bits per heavy atom. The van der Waals surface area contributed by atoms with E-state index in [1.807, 2.05) is 7.05 Å². The predicted molar refractivity (Wildman–Crippen MR) is 124 cm³/mol. The summed E-state index contributed by atoms with van der Waals surface area (Å²) in [5, 5.41) is 7.06. The molecule has 2 aliphatic rings. The number of hydrogen-bond donors (Lipinski definition) is 1. The highest BCUT2D eigenvalue weighted by Gasteiger charge is 2.27. The van der Waals surface area contributed by atoms with E-state index in [1.54, 1.807) is 11.3 Å². The average Bonchev–Trinajstić information content (AvgIpc) is 3.37. The van der Waals surface area contributed by atoms with Gasteiger partial charge in [0, 0.05) is 45.2 Å². The van der Waals surface area contributed by atoms with Gasteiger partial charge in [-0.15, -0.1) is 11.3 Å². The standard InChI is InChI=1S/C22H40N6S/c1-5-26(6-2)14-20-9-12-28(15-20)22(23-4)24-13-19-7-10-27(11-8-19)16-21-17-29-18(3)25-21/h17,19-20H,5-16H2,1-4H3,(H,23,24). The number of nitrogens with one attached hydrogen (secondary N) is 1. The number of guanidine groups is 1. The minimum absolute atomic E-state index is 0.745. The van der Waals surface area contributed by atoms with E-state index in [1.165, 1.54) is 49.6 Å². The molecule has 164 valence electrons. The van der Waals surface area contributed by atoms with Crippen LogP contribution >= 0.6 is 11.3 Å². The van der Waals surface area contributed by atoms with Gasteiger partial charge in [-0.3, -0.25) is 9.89 Å². The minimum Gasteiger partial charge on any atom is -0.356 e. The first-order chi connectivity index (χ1) is 14.1. The van der Waals surface area contributed by atoms with Crippen molar-refractivity contribution < 1.29 is 0 Å². The molecule has 0 saturated carbocycles. The summed E-state index contributed by atoms with van der Waals surface area (Å²) in [5.41, 5.74) is 1.23. The molecule has 1 unspecified atom stereocenters. The normalized spacial score (nSPS) is 22.0. The van der Waals surface area contributed by atoms with Gasteiger partial charge in [0.15, 0.2) is 5.96 Å². The van der Waals surface area contributed by atoms with E-state index in [0.717, 1.165) is 57.1 Å². The fourth-order valence-electron chi connectivity index (χ4n) is 4.65. The smallest absolute Gasteiger partial charge is 0.193 e. The van der Waals surface area contributed by atoms with Gasteiger partial charge in [-0.05, 0) is 64.2 Å². The van der Waals surface area contributed by atoms with E-state index in [4.69, 9.17) is 0 Å². The molecule has 7 heteroatoms. The molecule has 3 heterocycles. The number of hydrogen-bond acceptors (Lipinski definition) is 5. The van der Waals surface area contributed by atoms with Gasteiger partial charge in [-0.1, -0.05) is 13.8 Å². The number of aromatic nitrogens is 1.